The van der Waals surface area contributed by atoms with Crippen LogP contribution in [0, 0.1) is 5.41 Å². The fraction of sp³-hybridized carbons (Fsp3) is 0. The summed E-state index contributed by atoms with van der Waals surface area (Å²) in [5.41, 5.74) is 6.91. The van der Waals surface area contributed by atoms with E-state index in [1.54, 1.807) is 12.3 Å². The number of amidine groups is 1. The van der Waals surface area contributed by atoms with Crippen LogP contribution in [0.4, 0.5) is 0 Å². The zero-order chi connectivity index (χ0) is 9.42. The molecule has 2 rings (SSSR count). The van der Waals surface area contributed by atoms with Crippen molar-refractivity contribution in [2.24, 2.45) is 5.73 Å². The highest BCUT2D eigenvalue weighted by atomic mass is 35.5. The van der Waals surface area contributed by atoms with Crippen LogP contribution in [-0.4, -0.2) is 10.8 Å². The molecule has 0 bridgehead atoms. The second kappa shape index (κ2) is 3.90. The van der Waals surface area contributed by atoms with Crippen molar-refractivity contribution in [1.82, 2.24) is 4.98 Å². The predicted molar refractivity (Wildman–Crippen MR) is 61.6 cm³/mol. The summed E-state index contributed by atoms with van der Waals surface area (Å²) in [6.45, 7) is 0. The van der Waals surface area contributed by atoms with Gasteiger partial charge in [0.05, 0.1) is 10.5 Å². The number of para-hydroxylation sites is 1. The van der Waals surface area contributed by atoms with Gasteiger partial charge in [0, 0.05) is 17.1 Å². The molecular formula is C9H9Cl2N3. The molecule has 0 atom stereocenters. The van der Waals surface area contributed by atoms with E-state index in [0.717, 1.165) is 10.9 Å². The second-order valence-corrected chi connectivity index (χ2v) is 3.19. The highest BCUT2D eigenvalue weighted by molar-refractivity contribution is 6.35. The molecule has 74 valence electrons. The monoisotopic (exact) mass is 229 g/mol. The lowest BCUT2D eigenvalue weighted by atomic mass is 10.1. The highest BCUT2D eigenvalue weighted by Crippen LogP contribution is 2.24. The first kappa shape index (κ1) is 10.9. The Morgan fingerprint density at radius 2 is 2.14 bits per heavy atom. The van der Waals surface area contributed by atoms with E-state index in [1.165, 1.54) is 0 Å². The maximum absolute atomic E-state index is 7.32. The molecule has 0 aliphatic carbocycles. The van der Waals surface area contributed by atoms with Gasteiger partial charge in [0.15, 0.2) is 0 Å². The van der Waals surface area contributed by atoms with Crippen molar-refractivity contribution in [3.8, 4) is 0 Å². The van der Waals surface area contributed by atoms with Crippen LogP contribution >= 0.6 is 24.0 Å². The maximum Gasteiger partial charge on any atom is 0.124 e. The molecule has 0 spiro atoms. The van der Waals surface area contributed by atoms with E-state index in [0.29, 0.717) is 10.6 Å². The predicted octanol–water partition coefficient (Wildman–Crippen LogP) is 2.53. The van der Waals surface area contributed by atoms with Crippen molar-refractivity contribution in [2.45, 2.75) is 0 Å². The summed E-state index contributed by atoms with van der Waals surface area (Å²) in [6.07, 6.45) is 1.69. The number of aromatic amines is 1. The molecule has 4 N–H and O–H groups in total. The van der Waals surface area contributed by atoms with E-state index in [9.17, 15) is 0 Å². The summed E-state index contributed by atoms with van der Waals surface area (Å²) in [4.78, 5) is 2.98. The number of benzene rings is 1. The van der Waals surface area contributed by atoms with E-state index < -0.39 is 0 Å². The van der Waals surface area contributed by atoms with Gasteiger partial charge < -0.3 is 10.7 Å². The van der Waals surface area contributed by atoms with Crippen LogP contribution in [0.15, 0.2) is 24.4 Å². The molecule has 0 aliphatic heterocycles. The summed E-state index contributed by atoms with van der Waals surface area (Å²) in [6, 6.07) is 5.52. The molecule has 0 aliphatic rings. The quantitative estimate of drug-likeness (QED) is 0.511. The number of H-pyrrole nitrogens is 1. The van der Waals surface area contributed by atoms with Crippen LogP contribution in [0.5, 0.6) is 0 Å². The summed E-state index contributed by atoms with van der Waals surface area (Å²) in [7, 11) is 0. The summed E-state index contributed by atoms with van der Waals surface area (Å²) < 4.78 is 0. The third kappa shape index (κ3) is 1.56. The van der Waals surface area contributed by atoms with Crippen LogP contribution in [0.25, 0.3) is 10.9 Å². The molecule has 2 aromatic rings. The van der Waals surface area contributed by atoms with Gasteiger partial charge >= 0.3 is 0 Å². The number of hydrogen-bond acceptors (Lipinski definition) is 1. The van der Waals surface area contributed by atoms with Crippen molar-refractivity contribution in [2.75, 3.05) is 0 Å². The van der Waals surface area contributed by atoms with Crippen molar-refractivity contribution in [3.05, 3.63) is 35.0 Å². The SMILES string of the molecule is Cl.N=C(N)c1c[nH]c2c(Cl)cccc12. The van der Waals surface area contributed by atoms with Gasteiger partial charge in [0.1, 0.15) is 5.84 Å². The number of nitrogen functional groups attached to an aromatic ring is 1. The van der Waals surface area contributed by atoms with Gasteiger partial charge in [0.25, 0.3) is 0 Å². The fourth-order valence-electron chi connectivity index (χ4n) is 1.34. The van der Waals surface area contributed by atoms with Gasteiger partial charge in [-0.25, -0.2) is 0 Å². The van der Waals surface area contributed by atoms with Gasteiger partial charge in [-0.2, -0.15) is 0 Å². The third-order valence-electron chi connectivity index (χ3n) is 1.95. The lowest BCUT2D eigenvalue weighted by Crippen LogP contribution is -2.09. The molecule has 0 amide bonds. The molecular weight excluding hydrogens is 221 g/mol. The molecule has 1 aromatic carbocycles. The summed E-state index contributed by atoms with van der Waals surface area (Å²) >= 11 is 5.93. The minimum absolute atomic E-state index is 0. The number of aromatic nitrogens is 1. The number of nitrogens with two attached hydrogens (primary N) is 1. The van der Waals surface area contributed by atoms with Gasteiger partial charge in [-0.05, 0) is 6.07 Å². The van der Waals surface area contributed by atoms with Crippen LogP contribution in [0.2, 0.25) is 5.02 Å². The van der Waals surface area contributed by atoms with Crippen LogP contribution < -0.4 is 5.73 Å². The molecule has 0 saturated heterocycles. The van der Waals surface area contributed by atoms with Crippen LogP contribution in [-0.2, 0) is 0 Å². The fourth-order valence-corrected chi connectivity index (χ4v) is 1.57. The van der Waals surface area contributed by atoms with E-state index in [4.69, 9.17) is 22.7 Å². The van der Waals surface area contributed by atoms with Gasteiger partial charge in [-0.15, -0.1) is 12.4 Å². The third-order valence-corrected chi connectivity index (χ3v) is 2.27. The Morgan fingerprint density at radius 3 is 2.79 bits per heavy atom. The topological polar surface area (TPSA) is 65.7 Å². The average molecular weight is 230 g/mol. The first-order valence-electron chi connectivity index (χ1n) is 3.80. The molecule has 3 nitrogen and oxygen atoms in total. The Hall–Kier alpha value is -1.19. The normalized spacial score (nSPS) is 9.79. The zero-order valence-electron chi connectivity index (χ0n) is 7.17. The van der Waals surface area contributed by atoms with Crippen LogP contribution in [0.1, 0.15) is 5.56 Å². The number of rotatable bonds is 1. The largest absolute Gasteiger partial charge is 0.384 e. The van der Waals surface area contributed by atoms with Gasteiger partial charge in [-0.1, -0.05) is 23.7 Å². The van der Waals surface area contributed by atoms with E-state index >= 15 is 0 Å². The lowest BCUT2D eigenvalue weighted by molar-refractivity contribution is 1.41. The molecule has 5 heteroatoms. The highest BCUT2D eigenvalue weighted by Gasteiger charge is 2.07. The van der Waals surface area contributed by atoms with E-state index in [-0.39, 0.29) is 18.2 Å². The average Bonchev–Trinajstić information content (AvgIpc) is 2.48. The molecule has 1 aromatic heterocycles. The Bertz CT molecular complexity index is 476. The molecule has 0 unspecified atom stereocenters. The Morgan fingerprint density at radius 1 is 1.43 bits per heavy atom. The Kier molecular flexibility index (Phi) is 3.03. The zero-order valence-corrected chi connectivity index (χ0v) is 8.75. The first-order valence-corrected chi connectivity index (χ1v) is 4.18. The van der Waals surface area contributed by atoms with Crippen molar-refractivity contribution in [3.63, 3.8) is 0 Å². The molecule has 0 saturated carbocycles. The molecule has 1 heterocycles. The Balaban J connectivity index is 0.000000980. The van der Waals surface area contributed by atoms with E-state index in [2.05, 4.69) is 4.98 Å². The van der Waals surface area contributed by atoms with Gasteiger partial charge in [-0.3, -0.25) is 5.41 Å². The molecule has 0 fully saturated rings. The van der Waals surface area contributed by atoms with Crippen molar-refractivity contribution >= 4 is 40.7 Å². The first-order chi connectivity index (χ1) is 6.20. The van der Waals surface area contributed by atoms with Crippen molar-refractivity contribution in [1.29, 1.82) is 5.41 Å². The molecule has 0 radical (unpaired) electrons. The maximum atomic E-state index is 7.32. The lowest BCUT2D eigenvalue weighted by Gasteiger charge is -1.95. The minimum atomic E-state index is 0. The summed E-state index contributed by atoms with van der Waals surface area (Å²) in [5, 5.41) is 8.85. The Labute approximate surface area is 92.2 Å². The molecule has 14 heavy (non-hydrogen) atoms. The summed E-state index contributed by atoms with van der Waals surface area (Å²) in [5.74, 6) is 0.0496. The number of fused-ring (bicyclic) bond motifs is 1. The smallest absolute Gasteiger partial charge is 0.124 e. The van der Waals surface area contributed by atoms with Crippen molar-refractivity contribution < 1.29 is 0 Å². The second-order valence-electron chi connectivity index (χ2n) is 2.78. The van der Waals surface area contributed by atoms with E-state index in [1.807, 2.05) is 12.1 Å². The van der Waals surface area contributed by atoms with Crippen LogP contribution in [0.3, 0.4) is 0 Å². The number of halogens is 2. The minimum Gasteiger partial charge on any atom is -0.384 e. The number of hydrogen-bond donors (Lipinski definition) is 3. The standard InChI is InChI=1S/C9H8ClN3.ClH/c10-7-3-1-2-5-6(9(11)12)4-13-8(5)7;/h1-4,13H,(H3,11,12);1H. The van der Waals surface area contributed by atoms with Gasteiger partial charge in [0.2, 0.25) is 0 Å². The number of nitrogens with one attached hydrogen (secondary N) is 2.